The Morgan fingerprint density at radius 3 is 2.67 bits per heavy atom. The second-order valence-corrected chi connectivity index (χ2v) is 10.4. The van der Waals surface area contributed by atoms with Crippen molar-refractivity contribution in [2.24, 2.45) is 0 Å². The zero-order valence-corrected chi connectivity index (χ0v) is 21.8. The van der Waals surface area contributed by atoms with Gasteiger partial charge in [0, 0.05) is 50.6 Å². The number of rotatable bonds is 5. The third-order valence-corrected chi connectivity index (χ3v) is 7.52. The molecule has 7 aromatic rings. The van der Waals surface area contributed by atoms with Crippen LogP contribution in [0.1, 0.15) is 15.2 Å². The molecule has 1 amide bonds. The number of fused-ring (bicyclic) bond motifs is 2. The molecular weight excluding hydrogens is 527 g/mol. The molecule has 0 bridgehead atoms. The molecule has 194 valence electrons. The predicted molar refractivity (Wildman–Crippen MR) is 152 cm³/mol. The number of aromatic nitrogens is 7. The van der Waals surface area contributed by atoms with Crippen molar-refractivity contribution in [3.05, 3.63) is 95.6 Å². The summed E-state index contributed by atoms with van der Waals surface area (Å²) in [7, 11) is 0. The number of thiophene rings is 1. The Balaban J connectivity index is 1.28. The molecule has 1 aromatic carbocycles. The minimum Gasteiger partial charge on any atom is -0.321 e. The lowest BCUT2D eigenvalue weighted by Crippen LogP contribution is -2.11. The molecule has 0 aliphatic rings. The lowest BCUT2D eigenvalue weighted by molar-refractivity contribution is 0.102. The number of imidazole rings is 1. The van der Waals surface area contributed by atoms with E-state index in [0.717, 1.165) is 10.4 Å². The number of nitrogens with one attached hydrogen (secondary N) is 3. The van der Waals surface area contributed by atoms with Crippen LogP contribution in [0.25, 0.3) is 55.3 Å². The number of anilines is 1. The minimum absolute atomic E-state index is 0.184. The molecule has 6 heterocycles. The third-order valence-electron chi connectivity index (χ3n) is 6.48. The zero-order chi connectivity index (χ0) is 27.2. The SMILES string of the molecule is Cc1ccc(-c2ccnc3[nH]c(-c4n[nH]c5ncc(-c6cncc(NC(=O)c7ccccc7)c6)c(F)c45)nc23)s1. The molecule has 6 aromatic heterocycles. The Labute approximate surface area is 230 Å². The van der Waals surface area contributed by atoms with Crippen LogP contribution in [0.2, 0.25) is 0 Å². The van der Waals surface area contributed by atoms with Crippen molar-refractivity contribution in [3.8, 4) is 33.1 Å². The maximum absolute atomic E-state index is 16.1. The first-order valence-corrected chi connectivity index (χ1v) is 13.1. The summed E-state index contributed by atoms with van der Waals surface area (Å²) in [6.07, 6.45) is 6.15. The van der Waals surface area contributed by atoms with Crippen LogP contribution in [-0.4, -0.2) is 41.0 Å². The van der Waals surface area contributed by atoms with E-state index in [2.05, 4.69) is 41.5 Å². The summed E-state index contributed by atoms with van der Waals surface area (Å²) in [6.45, 7) is 2.05. The number of H-pyrrole nitrogens is 2. The molecule has 0 saturated heterocycles. The maximum Gasteiger partial charge on any atom is 0.255 e. The quantitative estimate of drug-likeness (QED) is 0.230. The smallest absolute Gasteiger partial charge is 0.255 e. The van der Waals surface area contributed by atoms with Gasteiger partial charge in [-0.1, -0.05) is 18.2 Å². The van der Waals surface area contributed by atoms with E-state index in [-0.39, 0.29) is 28.2 Å². The number of pyridine rings is 3. The van der Waals surface area contributed by atoms with E-state index in [1.807, 2.05) is 25.1 Å². The lowest BCUT2D eigenvalue weighted by atomic mass is 10.1. The second kappa shape index (κ2) is 9.47. The maximum atomic E-state index is 16.1. The molecule has 0 radical (unpaired) electrons. The Kier molecular flexibility index (Phi) is 5.64. The van der Waals surface area contributed by atoms with Crippen molar-refractivity contribution in [1.82, 2.24) is 35.1 Å². The summed E-state index contributed by atoms with van der Waals surface area (Å²) in [5.41, 5.74) is 4.34. The van der Waals surface area contributed by atoms with E-state index >= 15 is 4.39 Å². The van der Waals surface area contributed by atoms with Crippen LogP contribution >= 0.6 is 11.3 Å². The average Bonchev–Trinajstić information content (AvgIpc) is 3.72. The fourth-order valence-corrected chi connectivity index (χ4v) is 5.47. The molecule has 9 nitrogen and oxygen atoms in total. The van der Waals surface area contributed by atoms with E-state index < -0.39 is 5.82 Å². The highest BCUT2D eigenvalue weighted by molar-refractivity contribution is 7.15. The molecule has 0 unspecified atom stereocenters. The van der Waals surface area contributed by atoms with Gasteiger partial charge in [-0.3, -0.25) is 14.9 Å². The van der Waals surface area contributed by atoms with Gasteiger partial charge in [-0.25, -0.2) is 19.3 Å². The van der Waals surface area contributed by atoms with Gasteiger partial charge in [0.05, 0.1) is 17.3 Å². The van der Waals surface area contributed by atoms with Gasteiger partial charge in [-0.15, -0.1) is 11.3 Å². The van der Waals surface area contributed by atoms with Gasteiger partial charge >= 0.3 is 0 Å². The number of nitrogens with zero attached hydrogens (tertiary/aromatic N) is 5. The van der Waals surface area contributed by atoms with Crippen LogP contribution in [0.5, 0.6) is 0 Å². The van der Waals surface area contributed by atoms with Crippen LogP contribution < -0.4 is 5.32 Å². The molecule has 11 heteroatoms. The van der Waals surface area contributed by atoms with Crippen LogP contribution in [0.15, 0.2) is 79.4 Å². The van der Waals surface area contributed by atoms with Crippen LogP contribution in [-0.2, 0) is 0 Å². The topological polar surface area (TPSA) is 125 Å². The molecule has 0 spiro atoms. The fraction of sp³-hybridized carbons (Fsp3) is 0.0345. The van der Waals surface area contributed by atoms with Crippen molar-refractivity contribution in [2.45, 2.75) is 6.92 Å². The fourth-order valence-electron chi connectivity index (χ4n) is 4.58. The van der Waals surface area contributed by atoms with Gasteiger partial charge in [0.25, 0.3) is 5.91 Å². The number of hydrogen-bond donors (Lipinski definition) is 3. The molecular formula is C29H19FN8OS. The molecule has 0 saturated carbocycles. The Hall–Kier alpha value is -5.29. The Bertz CT molecular complexity index is 2050. The van der Waals surface area contributed by atoms with E-state index in [4.69, 9.17) is 4.98 Å². The predicted octanol–water partition coefficient (Wildman–Crippen LogP) is 6.39. The summed E-state index contributed by atoms with van der Waals surface area (Å²) in [5.74, 6) is -0.458. The number of carbonyl (C=O) groups excluding carboxylic acids is 1. The largest absolute Gasteiger partial charge is 0.321 e. The average molecular weight is 547 g/mol. The molecule has 0 atom stereocenters. The first-order chi connectivity index (χ1) is 19.5. The monoisotopic (exact) mass is 546 g/mol. The van der Waals surface area contributed by atoms with Gasteiger partial charge in [0.15, 0.2) is 17.1 Å². The summed E-state index contributed by atoms with van der Waals surface area (Å²) >= 11 is 1.66. The zero-order valence-electron chi connectivity index (χ0n) is 20.9. The first kappa shape index (κ1) is 23.8. The number of halogens is 1. The number of carbonyl (C=O) groups is 1. The number of aromatic amines is 2. The summed E-state index contributed by atoms with van der Waals surface area (Å²) in [6, 6.07) is 16.5. The molecule has 0 aliphatic heterocycles. The van der Waals surface area contributed by atoms with Crippen LogP contribution in [0.4, 0.5) is 10.1 Å². The second-order valence-electron chi connectivity index (χ2n) is 9.12. The molecule has 3 N–H and O–H groups in total. The number of aryl methyl sites for hydroxylation is 1. The Morgan fingerprint density at radius 2 is 1.85 bits per heavy atom. The van der Waals surface area contributed by atoms with Crippen LogP contribution in [0.3, 0.4) is 0 Å². The van der Waals surface area contributed by atoms with Crippen molar-refractivity contribution >= 4 is 45.1 Å². The normalized spacial score (nSPS) is 11.3. The summed E-state index contributed by atoms with van der Waals surface area (Å²) in [4.78, 5) is 35.8. The van der Waals surface area contributed by atoms with E-state index in [0.29, 0.717) is 33.8 Å². The summed E-state index contributed by atoms with van der Waals surface area (Å²) in [5, 5.41) is 10.1. The van der Waals surface area contributed by atoms with Crippen LogP contribution in [0, 0.1) is 12.7 Å². The molecule has 7 rings (SSSR count). The van der Waals surface area contributed by atoms with E-state index in [9.17, 15) is 4.79 Å². The third kappa shape index (κ3) is 4.09. The highest BCUT2D eigenvalue weighted by atomic mass is 32.1. The highest BCUT2D eigenvalue weighted by Crippen LogP contribution is 2.36. The lowest BCUT2D eigenvalue weighted by Gasteiger charge is -2.08. The standard InChI is InChI=1S/C29H19FN8OS/c1-15-7-8-21(40-15)19-9-10-32-27-24(19)35-28(36-27)25-22-23(30)20(14-33-26(22)38-37-25)17-11-18(13-31-12-17)34-29(39)16-5-3-2-4-6-16/h2-14H,1H3,(H,34,39)(H,32,35,36)(H,33,37,38). The van der Waals surface area contributed by atoms with Gasteiger partial charge in [-0.2, -0.15) is 5.10 Å². The van der Waals surface area contributed by atoms with Gasteiger partial charge in [-0.05, 0) is 43.3 Å². The highest BCUT2D eigenvalue weighted by Gasteiger charge is 2.22. The molecule has 0 aliphatic carbocycles. The van der Waals surface area contributed by atoms with Crippen molar-refractivity contribution < 1.29 is 9.18 Å². The minimum atomic E-state index is -0.537. The molecule has 0 fully saturated rings. The molecule has 40 heavy (non-hydrogen) atoms. The van der Waals surface area contributed by atoms with Crippen molar-refractivity contribution in [3.63, 3.8) is 0 Å². The van der Waals surface area contributed by atoms with Gasteiger partial charge < -0.3 is 10.3 Å². The van der Waals surface area contributed by atoms with E-state index in [1.165, 1.54) is 23.5 Å². The van der Waals surface area contributed by atoms with E-state index in [1.54, 1.807) is 47.9 Å². The summed E-state index contributed by atoms with van der Waals surface area (Å²) < 4.78 is 16.1. The Morgan fingerprint density at radius 1 is 0.975 bits per heavy atom. The first-order valence-electron chi connectivity index (χ1n) is 12.3. The number of hydrogen-bond acceptors (Lipinski definition) is 7. The van der Waals surface area contributed by atoms with Gasteiger partial charge in [0.1, 0.15) is 17.0 Å². The van der Waals surface area contributed by atoms with Gasteiger partial charge in [0.2, 0.25) is 0 Å². The van der Waals surface area contributed by atoms with Crippen molar-refractivity contribution in [1.29, 1.82) is 0 Å². The number of benzene rings is 1. The number of amides is 1. The van der Waals surface area contributed by atoms with Crippen molar-refractivity contribution in [2.75, 3.05) is 5.32 Å².